The highest BCUT2D eigenvalue weighted by Crippen LogP contribution is 2.52. The first-order valence-electron chi connectivity index (χ1n) is 3.03. The molecule has 56 valence electrons. The normalized spacial score (nSPS) is 22.9. The zero-order valence-electron chi connectivity index (χ0n) is 5.52. The number of aromatic nitrogens is 2. The van der Waals surface area contributed by atoms with Crippen molar-refractivity contribution >= 4 is 27.9 Å². The fraction of sp³-hybridized carbons (Fsp3) is 0.167. The van der Waals surface area contributed by atoms with E-state index in [1.165, 1.54) is 6.33 Å². The van der Waals surface area contributed by atoms with Crippen molar-refractivity contribution in [3.8, 4) is 0 Å². The molecule has 0 aliphatic carbocycles. The second-order valence-electron chi connectivity index (χ2n) is 2.03. The highest BCUT2D eigenvalue weighted by molar-refractivity contribution is 8.52. The highest BCUT2D eigenvalue weighted by Gasteiger charge is 2.27. The van der Waals surface area contributed by atoms with Crippen LogP contribution in [0.5, 0.6) is 0 Å². The van der Waals surface area contributed by atoms with Crippen molar-refractivity contribution in [3.63, 3.8) is 0 Å². The van der Waals surface area contributed by atoms with Crippen LogP contribution in [0.25, 0.3) is 0 Å². The number of nitrogens with zero attached hydrogens (tertiary/aromatic N) is 2. The molecule has 1 aliphatic heterocycles. The molecular formula is C6H5N3S2. The molecule has 3 nitrogen and oxygen atoms in total. The van der Waals surface area contributed by atoms with Gasteiger partial charge in [0.05, 0.1) is 4.58 Å². The number of nitrogens with one attached hydrogen (secondary N) is 1. The summed E-state index contributed by atoms with van der Waals surface area (Å²) < 4.78 is 1.03. The summed E-state index contributed by atoms with van der Waals surface area (Å²) in [5.41, 5.74) is 1.10. The summed E-state index contributed by atoms with van der Waals surface area (Å²) >= 11 is 3.10. The number of thioether (sulfide) groups is 2. The van der Waals surface area contributed by atoms with Crippen molar-refractivity contribution < 1.29 is 0 Å². The Morgan fingerprint density at radius 2 is 1.91 bits per heavy atom. The molecule has 0 spiro atoms. The summed E-state index contributed by atoms with van der Waals surface area (Å²) in [6.45, 7) is 0. The van der Waals surface area contributed by atoms with Gasteiger partial charge in [-0.15, -0.1) is 0 Å². The molecule has 1 fully saturated rings. The van der Waals surface area contributed by atoms with Crippen LogP contribution >= 0.6 is 23.5 Å². The molecule has 0 atom stereocenters. The van der Waals surface area contributed by atoms with Gasteiger partial charge in [0.2, 0.25) is 0 Å². The van der Waals surface area contributed by atoms with Crippen LogP contribution in [0.4, 0.5) is 0 Å². The topological polar surface area (TPSA) is 49.6 Å². The third-order valence-corrected chi connectivity index (χ3v) is 3.84. The third-order valence-electron chi connectivity index (χ3n) is 1.28. The first kappa shape index (κ1) is 7.12. The summed E-state index contributed by atoms with van der Waals surface area (Å²) in [6.07, 6.45) is 5.11. The van der Waals surface area contributed by atoms with Crippen LogP contribution < -0.4 is 0 Å². The molecule has 0 bridgehead atoms. The summed E-state index contributed by atoms with van der Waals surface area (Å²) in [7, 11) is 0. The fourth-order valence-electron chi connectivity index (χ4n) is 0.772. The standard InChI is InChI=1S/C6H5N3S2/c7-6-10-5(11-6)4-1-8-3-9-2-4/h1-3,5,7H. The Kier molecular flexibility index (Phi) is 1.83. The van der Waals surface area contributed by atoms with E-state index in [-0.39, 0.29) is 0 Å². The molecule has 0 unspecified atom stereocenters. The van der Waals surface area contributed by atoms with Gasteiger partial charge in [-0.2, -0.15) is 0 Å². The van der Waals surface area contributed by atoms with E-state index < -0.39 is 0 Å². The Bertz CT molecular complexity index is 266. The quantitative estimate of drug-likeness (QED) is 0.722. The first-order chi connectivity index (χ1) is 5.36. The molecule has 0 radical (unpaired) electrons. The molecule has 0 aromatic carbocycles. The van der Waals surface area contributed by atoms with Crippen molar-refractivity contribution in [1.82, 2.24) is 9.97 Å². The Balaban J connectivity index is 2.13. The average molecular weight is 183 g/mol. The molecule has 5 heteroatoms. The minimum atomic E-state index is 0.351. The smallest absolute Gasteiger partial charge is 0.124 e. The minimum Gasteiger partial charge on any atom is -0.288 e. The lowest BCUT2D eigenvalue weighted by Gasteiger charge is -2.23. The maximum Gasteiger partial charge on any atom is 0.124 e. The van der Waals surface area contributed by atoms with Crippen molar-refractivity contribution in [1.29, 1.82) is 5.41 Å². The molecule has 1 aromatic rings. The molecular weight excluding hydrogens is 178 g/mol. The van der Waals surface area contributed by atoms with Gasteiger partial charge in [0.25, 0.3) is 0 Å². The maximum atomic E-state index is 7.19. The third kappa shape index (κ3) is 1.39. The molecule has 11 heavy (non-hydrogen) atoms. The zero-order chi connectivity index (χ0) is 7.68. The van der Waals surface area contributed by atoms with Gasteiger partial charge in [0.15, 0.2) is 0 Å². The van der Waals surface area contributed by atoms with E-state index in [0.29, 0.717) is 8.96 Å². The van der Waals surface area contributed by atoms with Crippen molar-refractivity contribution in [2.24, 2.45) is 0 Å². The molecule has 1 saturated heterocycles. The molecule has 0 saturated carbocycles. The number of hydrogen-bond donors (Lipinski definition) is 1. The Labute approximate surface area is 72.5 Å². The Morgan fingerprint density at radius 3 is 2.45 bits per heavy atom. The van der Waals surface area contributed by atoms with E-state index in [4.69, 9.17) is 5.41 Å². The largest absolute Gasteiger partial charge is 0.288 e. The van der Waals surface area contributed by atoms with Crippen LogP contribution in [0.1, 0.15) is 10.1 Å². The van der Waals surface area contributed by atoms with Gasteiger partial charge in [-0.3, -0.25) is 5.41 Å². The van der Waals surface area contributed by atoms with Crippen molar-refractivity contribution in [2.75, 3.05) is 0 Å². The van der Waals surface area contributed by atoms with E-state index in [1.807, 2.05) is 0 Å². The van der Waals surface area contributed by atoms with Crippen LogP contribution in [0, 0.1) is 5.41 Å². The second-order valence-corrected chi connectivity index (χ2v) is 4.81. The predicted octanol–water partition coefficient (Wildman–Crippen LogP) is 1.89. The minimum absolute atomic E-state index is 0.351. The number of rotatable bonds is 1. The predicted molar refractivity (Wildman–Crippen MR) is 47.7 cm³/mol. The summed E-state index contributed by atoms with van der Waals surface area (Å²) in [5.74, 6) is 0. The van der Waals surface area contributed by atoms with E-state index in [2.05, 4.69) is 9.97 Å². The zero-order valence-corrected chi connectivity index (χ0v) is 7.15. The molecule has 2 heterocycles. The van der Waals surface area contributed by atoms with Gasteiger partial charge in [0.1, 0.15) is 10.7 Å². The van der Waals surface area contributed by atoms with Gasteiger partial charge >= 0.3 is 0 Å². The molecule has 0 amide bonds. The van der Waals surface area contributed by atoms with E-state index in [1.54, 1.807) is 35.9 Å². The van der Waals surface area contributed by atoms with Crippen LogP contribution in [-0.2, 0) is 0 Å². The summed E-state index contributed by atoms with van der Waals surface area (Å²) in [6, 6.07) is 0. The van der Waals surface area contributed by atoms with Crippen LogP contribution in [0.2, 0.25) is 0 Å². The van der Waals surface area contributed by atoms with Gasteiger partial charge in [-0.05, 0) is 0 Å². The maximum absolute atomic E-state index is 7.19. The molecule has 2 rings (SSSR count). The molecule has 1 aromatic heterocycles. The first-order valence-corrected chi connectivity index (χ1v) is 4.79. The Morgan fingerprint density at radius 1 is 1.27 bits per heavy atom. The number of hydrogen-bond acceptors (Lipinski definition) is 5. The van der Waals surface area contributed by atoms with Crippen LogP contribution in [0.15, 0.2) is 18.7 Å². The highest BCUT2D eigenvalue weighted by atomic mass is 32.3. The van der Waals surface area contributed by atoms with Crippen LogP contribution in [0.3, 0.4) is 0 Å². The van der Waals surface area contributed by atoms with E-state index in [0.717, 1.165) is 5.56 Å². The lowest BCUT2D eigenvalue weighted by molar-refractivity contribution is 1.11. The lowest BCUT2D eigenvalue weighted by Crippen LogP contribution is -2.05. The van der Waals surface area contributed by atoms with Crippen LogP contribution in [-0.4, -0.2) is 14.3 Å². The molecule has 1 aliphatic rings. The Hall–Kier alpha value is -0.550. The van der Waals surface area contributed by atoms with Crippen molar-refractivity contribution in [2.45, 2.75) is 4.58 Å². The fourth-order valence-corrected chi connectivity index (χ4v) is 2.56. The van der Waals surface area contributed by atoms with Gasteiger partial charge in [-0.1, -0.05) is 23.5 Å². The summed E-state index contributed by atoms with van der Waals surface area (Å²) in [4.78, 5) is 7.81. The van der Waals surface area contributed by atoms with E-state index >= 15 is 0 Å². The van der Waals surface area contributed by atoms with Gasteiger partial charge in [-0.25, -0.2) is 9.97 Å². The second kappa shape index (κ2) is 2.83. The van der Waals surface area contributed by atoms with Crippen molar-refractivity contribution in [3.05, 3.63) is 24.3 Å². The van der Waals surface area contributed by atoms with E-state index in [9.17, 15) is 0 Å². The SMILES string of the molecule is N=C1SC(c2cncnc2)S1. The summed E-state index contributed by atoms with van der Waals surface area (Å²) in [5, 5.41) is 7.19. The molecule has 1 N–H and O–H groups in total. The van der Waals surface area contributed by atoms with Gasteiger partial charge in [0, 0.05) is 18.0 Å². The van der Waals surface area contributed by atoms with Gasteiger partial charge < -0.3 is 0 Å². The average Bonchev–Trinajstić information content (AvgIpc) is 2.01. The monoisotopic (exact) mass is 183 g/mol. The lowest BCUT2D eigenvalue weighted by atomic mass is 10.4.